The lowest BCUT2D eigenvalue weighted by atomic mass is 9.81. The number of halogens is 1. The van der Waals surface area contributed by atoms with Crippen LogP contribution in [0, 0.1) is 0 Å². The molecule has 3 N–H and O–H groups in total. The minimum Gasteiger partial charge on any atom is -0.481 e. The van der Waals surface area contributed by atoms with E-state index in [0.717, 1.165) is 12.0 Å². The first-order valence-corrected chi connectivity index (χ1v) is 8.24. The standard InChI is InChI=1S/C17H20ClNO5/c18-12-6-2-1-4-10(12)11-5-3-7-14(16(11)22)24-17(23)13(19)8-9-15(20)21/h1-2,4,6,11,13-14H,3,5,7-9,19H2,(H,20,21)/t11?,13-,14+/m0/s1. The molecule has 1 aromatic carbocycles. The predicted octanol–water partition coefficient (Wildman–Crippen LogP) is 2.28. The molecular weight excluding hydrogens is 334 g/mol. The number of carboxylic acids is 1. The van der Waals surface area contributed by atoms with Crippen LogP contribution in [0.15, 0.2) is 24.3 Å². The summed E-state index contributed by atoms with van der Waals surface area (Å²) < 4.78 is 5.24. The number of aliphatic carboxylic acids is 1. The number of carbonyl (C=O) groups excluding carboxylic acids is 2. The molecule has 0 heterocycles. The summed E-state index contributed by atoms with van der Waals surface area (Å²) in [5.74, 6) is -2.37. The van der Waals surface area contributed by atoms with Gasteiger partial charge >= 0.3 is 11.9 Å². The van der Waals surface area contributed by atoms with Crippen molar-refractivity contribution < 1.29 is 24.2 Å². The van der Waals surface area contributed by atoms with Crippen LogP contribution in [0.2, 0.25) is 5.02 Å². The Morgan fingerprint density at radius 1 is 1.33 bits per heavy atom. The molecule has 0 aromatic heterocycles. The second-order valence-electron chi connectivity index (χ2n) is 5.87. The number of hydrogen-bond acceptors (Lipinski definition) is 5. The lowest BCUT2D eigenvalue weighted by Crippen LogP contribution is -2.41. The van der Waals surface area contributed by atoms with E-state index in [2.05, 4.69) is 0 Å². The van der Waals surface area contributed by atoms with Crippen molar-refractivity contribution in [1.29, 1.82) is 0 Å². The molecule has 1 aliphatic carbocycles. The predicted molar refractivity (Wildman–Crippen MR) is 87.8 cm³/mol. The zero-order chi connectivity index (χ0) is 17.7. The second kappa shape index (κ2) is 8.26. The Labute approximate surface area is 144 Å². The summed E-state index contributed by atoms with van der Waals surface area (Å²) in [7, 11) is 0. The van der Waals surface area contributed by atoms with Gasteiger partial charge in [0, 0.05) is 17.4 Å². The molecule has 1 fully saturated rings. The number of rotatable bonds is 6. The SMILES string of the molecule is N[C@@H](CCC(=O)O)C(=O)O[C@@H]1CCCC(c2ccccc2Cl)C1=O. The summed E-state index contributed by atoms with van der Waals surface area (Å²) in [6, 6.07) is 6.08. The van der Waals surface area contributed by atoms with E-state index in [1.807, 2.05) is 6.07 Å². The minimum absolute atomic E-state index is 0.0248. The third-order valence-corrected chi connectivity index (χ3v) is 4.48. The Balaban J connectivity index is 2.01. The maximum absolute atomic E-state index is 12.6. The molecule has 1 saturated carbocycles. The monoisotopic (exact) mass is 353 g/mol. The van der Waals surface area contributed by atoms with Crippen molar-refractivity contribution in [3.05, 3.63) is 34.9 Å². The van der Waals surface area contributed by atoms with Crippen molar-refractivity contribution >= 4 is 29.3 Å². The molecule has 24 heavy (non-hydrogen) atoms. The molecule has 1 unspecified atom stereocenters. The van der Waals surface area contributed by atoms with Crippen molar-refractivity contribution in [2.45, 2.75) is 50.2 Å². The van der Waals surface area contributed by atoms with Crippen molar-refractivity contribution in [2.24, 2.45) is 5.73 Å². The van der Waals surface area contributed by atoms with Gasteiger partial charge in [-0.2, -0.15) is 0 Å². The van der Waals surface area contributed by atoms with Gasteiger partial charge in [0.15, 0.2) is 11.9 Å². The molecule has 0 saturated heterocycles. The number of benzene rings is 1. The summed E-state index contributed by atoms with van der Waals surface area (Å²) in [4.78, 5) is 35.1. The zero-order valence-corrected chi connectivity index (χ0v) is 13.9. The number of carbonyl (C=O) groups is 3. The van der Waals surface area contributed by atoms with Gasteiger partial charge < -0.3 is 15.6 Å². The van der Waals surface area contributed by atoms with Crippen LogP contribution in [0.25, 0.3) is 0 Å². The third kappa shape index (κ3) is 4.55. The molecule has 2 rings (SSSR count). The normalized spacial score (nSPS) is 22.0. The van der Waals surface area contributed by atoms with Crippen molar-refractivity contribution in [1.82, 2.24) is 0 Å². The van der Waals surface area contributed by atoms with Crippen LogP contribution in [0.4, 0.5) is 0 Å². The van der Waals surface area contributed by atoms with Crippen LogP contribution in [-0.4, -0.2) is 35.0 Å². The van der Waals surface area contributed by atoms with E-state index in [4.69, 9.17) is 27.2 Å². The zero-order valence-electron chi connectivity index (χ0n) is 13.1. The first kappa shape index (κ1) is 18.4. The number of ether oxygens (including phenoxy) is 1. The molecule has 7 heteroatoms. The van der Waals surface area contributed by atoms with Crippen LogP contribution in [0.3, 0.4) is 0 Å². The Morgan fingerprint density at radius 3 is 2.71 bits per heavy atom. The van der Waals surface area contributed by atoms with Crippen molar-refractivity contribution in [3.63, 3.8) is 0 Å². The Bertz CT molecular complexity index is 633. The van der Waals surface area contributed by atoms with Crippen LogP contribution in [0.1, 0.15) is 43.6 Å². The summed E-state index contributed by atoms with van der Waals surface area (Å²) in [5, 5.41) is 9.13. The van der Waals surface area contributed by atoms with Gasteiger partial charge in [0.1, 0.15) is 6.04 Å². The summed E-state index contributed by atoms with van der Waals surface area (Å²) in [5.41, 5.74) is 6.36. The lowest BCUT2D eigenvalue weighted by Gasteiger charge is -2.29. The molecule has 0 bridgehead atoms. The number of Topliss-reactive ketones (excluding diaryl/α,β-unsaturated/α-hetero) is 1. The summed E-state index contributed by atoms with van der Waals surface area (Å²) >= 11 is 6.16. The number of ketones is 1. The fraction of sp³-hybridized carbons (Fsp3) is 0.471. The Hall–Kier alpha value is -1.92. The van der Waals surface area contributed by atoms with Crippen LogP contribution in [0.5, 0.6) is 0 Å². The minimum atomic E-state index is -1.05. The topological polar surface area (TPSA) is 107 Å². The van der Waals surface area contributed by atoms with E-state index >= 15 is 0 Å². The Kier molecular flexibility index (Phi) is 6.34. The first-order valence-electron chi connectivity index (χ1n) is 7.86. The third-order valence-electron chi connectivity index (χ3n) is 4.13. The molecule has 0 spiro atoms. The number of carboxylic acid groups (broad SMARTS) is 1. The van der Waals surface area contributed by atoms with Crippen molar-refractivity contribution in [2.75, 3.05) is 0 Å². The van der Waals surface area contributed by atoms with Crippen LogP contribution >= 0.6 is 11.6 Å². The first-order chi connectivity index (χ1) is 11.4. The maximum Gasteiger partial charge on any atom is 0.323 e. The molecule has 1 aromatic rings. The van der Waals surface area contributed by atoms with Gasteiger partial charge in [0.05, 0.1) is 0 Å². The van der Waals surface area contributed by atoms with Gasteiger partial charge in [0.2, 0.25) is 0 Å². The van der Waals surface area contributed by atoms with Gasteiger partial charge in [-0.25, -0.2) is 0 Å². The Morgan fingerprint density at radius 2 is 2.04 bits per heavy atom. The quantitative estimate of drug-likeness (QED) is 0.760. The van der Waals surface area contributed by atoms with E-state index in [0.29, 0.717) is 17.9 Å². The second-order valence-corrected chi connectivity index (χ2v) is 6.28. The molecule has 0 amide bonds. The van der Waals surface area contributed by atoms with Gasteiger partial charge in [-0.1, -0.05) is 29.8 Å². The molecule has 0 aliphatic heterocycles. The van der Waals surface area contributed by atoms with Crippen LogP contribution < -0.4 is 5.73 Å². The van der Waals surface area contributed by atoms with Gasteiger partial charge in [-0.05, 0) is 37.3 Å². The molecule has 3 atom stereocenters. The van der Waals surface area contributed by atoms with E-state index in [9.17, 15) is 14.4 Å². The lowest BCUT2D eigenvalue weighted by molar-refractivity contribution is -0.159. The van der Waals surface area contributed by atoms with E-state index in [1.54, 1.807) is 18.2 Å². The van der Waals surface area contributed by atoms with E-state index in [-0.39, 0.29) is 18.6 Å². The average Bonchev–Trinajstić information content (AvgIpc) is 2.55. The van der Waals surface area contributed by atoms with Crippen LogP contribution in [-0.2, 0) is 19.1 Å². The fourth-order valence-corrected chi connectivity index (χ4v) is 3.09. The van der Waals surface area contributed by atoms with Gasteiger partial charge in [-0.3, -0.25) is 14.4 Å². The summed E-state index contributed by atoms with van der Waals surface area (Å²) in [6.07, 6.45) is 0.714. The molecule has 130 valence electrons. The highest BCUT2D eigenvalue weighted by Gasteiger charge is 2.36. The highest BCUT2D eigenvalue weighted by atomic mass is 35.5. The van der Waals surface area contributed by atoms with Gasteiger partial charge in [-0.15, -0.1) is 0 Å². The number of esters is 1. The summed E-state index contributed by atoms with van der Waals surface area (Å²) in [6.45, 7) is 0. The highest BCUT2D eigenvalue weighted by molar-refractivity contribution is 6.31. The smallest absolute Gasteiger partial charge is 0.323 e. The fourth-order valence-electron chi connectivity index (χ4n) is 2.82. The van der Waals surface area contributed by atoms with E-state index < -0.39 is 30.0 Å². The highest BCUT2D eigenvalue weighted by Crippen LogP contribution is 2.35. The molecule has 0 radical (unpaired) electrons. The number of hydrogen-bond donors (Lipinski definition) is 2. The number of nitrogens with two attached hydrogens (primary N) is 1. The maximum atomic E-state index is 12.6. The van der Waals surface area contributed by atoms with Crippen molar-refractivity contribution in [3.8, 4) is 0 Å². The average molecular weight is 354 g/mol. The van der Waals surface area contributed by atoms with E-state index in [1.165, 1.54) is 0 Å². The van der Waals surface area contributed by atoms with Gasteiger partial charge in [0.25, 0.3) is 0 Å². The molecule has 1 aliphatic rings. The largest absolute Gasteiger partial charge is 0.481 e. The molecule has 6 nitrogen and oxygen atoms in total. The molecular formula is C17H20ClNO5.